The highest BCUT2D eigenvalue weighted by Gasteiger charge is 2.36. The van der Waals surface area contributed by atoms with E-state index < -0.39 is 0 Å². The lowest BCUT2D eigenvalue weighted by Crippen LogP contribution is -2.47. The van der Waals surface area contributed by atoms with Gasteiger partial charge in [0.05, 0.1) is 6.67 Å². The number of alkyl halides is 1. The number of carbonyl (C=O) groups excluding carboxylic acids is 1. The highest BCUT2D eigenvalue weighted by atomic mass is 19.1. The number of carbonyl (C=O) groups is 1. The second kappa shape index (κ2) is 7.55. The maximum Gasteiger partial charge on any atom is 0.226 e. The summed E-state index contributed by atoms with van der Waals surface area (Å²) in [5.74, 6) is 0.0790. The second-order valence-corrected chi connectivity index (χ2v) is 6.12. The highest BCUT2D eigenvalue weighted by molar-refractivity contribution is 5.82. The predicted molar refractivity (Wildman–Crippen MR) is 82.7 cm³/mol. The molecule has 0 bridgehead atoms. The van der Waals surface area contributed by atoms with Crippen LogP contribution >= 0.6 is 0 Å². The molecule has 1 saturated heterocycles. The molecule has 1 N–H and O–H groups in total. The molecule has 21 heavy (non-hydrogen) atoms. The highest BCUT2D eigenvalue weighted by Crippen LogP contribution is 2.31. The van der Waals surface area contributed by atoms with Crippen LogP contribution in [0.2, 0.25) is 0 Å². The zero-order valence-corrected chi connectivity index (χ0v) is 12.8. The maximum atomic E-state index is 12.2. The molecule has 1 fully saturated rings. The van der Waals surface area contributed by atoms with Crippen LogP contribution in [0.15, 0.2) is 30.3 Å². The number of hydrogen-bond donors (Lipinski definition) is 1. The fourth-order valence-corrected chi connectivity index (χ4v) is 2.76. The van der Waals surface area contributed by atoms with Crippen LogP contribution in [0.4, 0.5) is 4.39 Å². The average Bonchev–Trinajstić information content (AvgIpc) is 2.51. The number of rotatable bonds is 6. The van der Waals surface area contributed by atoms with Crippen molar-refractivity contribution in [3.8, 4) is 0 Å². The van der Waals surface area contributed by atoms with Gasteiger partial charge in [-0.15, -0.1) is 0 Å². The maximum absolute atomic E-state index is 12.2. The number of likely N-dealkylation sites (tertiary alicyclic amines) is 1. The van der Waals surface area contributed by atoms with Gasteiger partial charge < -0.3 is 5.32 Å². The Labute approximate surface area is 126 Å². The smallest absolute Gasteiger partial charge is 0.226 e. The van der Waals surface area contributed by atoms with Crippen molar-refractivity contribution in [3.63, 3.8) is 0 Å². The lowest BCUT2D eigenvalue weighted by molar-refractivity contribution is -0.132. The first-order valence-electron chi connectivity index (χ1n) is 7.74. The fraction of sp³-hybridized carbons (Fsp3) is 0.588. The van der Waals surface area contributed by atoms with Crippen molar-refractivity contribution < 1.29 is 9.18 Å². The van der Waals surface area contributed by atoms with E-state index in [1.165, 1.54) is 5.56 Å². The molecule has 1 heterocycles. The monoisotopic (exact) mass is 292 g/mol. The molecule has 0 saturated carbocycles. The third-order valence-corrected chi connectivity index (χ3v) is 4.35. The van der Waals surface area contributed by atoms with Crippen molar-refractivity contribution in [2.24, 2.45) is 5.41 Å². The number of amides is 1. The molecule has 0 aliphatic carbocycles. The molecule has 0 unspecified atom stereocenters. The van der Waals surface area contributed by atoms with Crippen molar-refractivity contribution in [2.45, 2.75) is 32.7 Å². The molecule has 0 radical (unpaired) electrons. The van der Waals surface area contributed by atoms with E-state index in [0.29, 0.717) is 13.0 Å². The van der Waals surface area contributed by atoms with Crippen LogP contribution in [-0.2, 0) is 11.3 Å². The molecule has 1 aliphatic rings. The Morgan fingerprint density at radius 1 is 1.29 bits per heavy atom. The van der Waals surface area contributed by atoms with Crippen molar-refractivity contribution >= 4 is 5.91 Å². The molecule has 116 valence electrons. The quantitative estimate of drug-likeness (QED) is 0.818. The Balaban J connectivity index is 1.80. The fourth-order valence-electron chi connectivity index (χ4n) is 2.76. The van der Waals surface area contributed by atoms with Gasteiger partial charge in [0.15, 0.2) is 0 Å². The van der Waals surface area contributed by atoms with Gasteiger partial charge in [-0.25, -0.2) is 0 Å². The molecule has 0 spiro atoms. The summed E-state index contributed by atoms with van der Waals surface area (Å²) in [7, 11) is 0. The summed E-state index contributed by atoms with van der Waals surface area (Å²) in [6.07, 6.45) is 2.13. The summed E-state index contributed by atoms with van der Waals surface area (Å²) in [6, 6.07) is 10.4. The van der Waals surface area contributed by atoms with Gasteiger partial charge in [0.1, 0.15) is 0 Å². The third-order valence-electron chi connectivity index (χ3n) is 4.35. The Hall–Kier alpha value is -1.42. The van der Waals surface area contributed by atoms with Gasteiger partial charge in [-0.2, -0.15) is 0 Å². The molecule has 4 heteroatoms. The van der Waals surface area contributed by atoms with E-state index in [-0.39, 0.29) is 18.0 Å². The predicted octanol–water partition coefficient (Wildman–Crippen LogP) is 2.76. The summed E-state index contributed by atoms with van der Waals surface area (Å²) in [4.78, 5) is 14.6. The first-order chi connectivity index (χ1) is 10.1. The molecule has 1 aromatic carbocycles. The Morgan fingerprint density at radius 3 is 2.57 bits per heavy atom. The summed E-state index contributed by atoms with van der Waals surface area (Å²) in [6.45, 7) is 4.91. The second-order valence-electron chi connectivity index (χ2n) is 6.12. The van der Waals surface area contributed by atoms with Gasteiger partial charge in [0.25, 0.3) is 0 Å². The van der Waals surface area contributed by atoms with Gasteiger partial charge in [0, 0.05) is 18.5 Å². The minimum atomic E-state index is -0.373. The van der Waals surface area contributed by atoms with Gasteiger partial charge >= 0.3 is 0 Å². The standard InChI is InChI=1S/C17H25FN2O/c1-17(16(21)19-11-5-10-18)8-12-20(13-9-17)14-15-6-3-2-4-7-15/h2-4,6-7H,5,8-14H2,1H3,(H,19,21). The summed E-state index contributed by atoms with van der Waals surface area (Å²) in [5.41, 5.74) is 1.01. The van der Waals surface area contributed by atoms with E-state index in [0.717, 1.165) is 32.5 Å². The molecule has 0 atom stereocenters. The molecule has 1 aliphatic heterocycles. The first kappa shape index (κ1) is 16.0. The topological polar surface area (TPSA) is 32.3 Å². The van der Waals surface area contributed by atoms with Gasteiger partial charge in [0.2, 0.25) is 5.91 Å². The number of hydrogen-bond acceptors (Lipinski definition) is 2. The Morgan fingerprint density at radius 2 is 1.95 bits per heavy atom. The first-order valence-corrected chi connectivity index (χ1v) is 7.74. The number of benzene rings is 1. The minimum Gasteiger partial charge on any atom is -0.356 e. The Kier molecular flexibility index (Phi) is 5.74. The van der Waals surface area contributed by atoms with E-state index in [1.807, 2.05) is 13.0 Å². The number of nitrogens with zero attached hydrogens (tertiary/aromatic N) is 1. The van der Waals surface area contributed by atoms with E-state index >= 15 is 0 Å². The molecular weight excluding hydrogens is 267 g/mol. The molecule has 2 rings (SSSR count). The van der Waals surface area contributed by atoms with Crippen LogP contribution in [0.5, 0.6) is 0 Å². The van der Waals surface area contributed by atoms with Gasteiger partial charge in [-0.1, -0.05) is 37.3 Å². The van der Waals surface area contributed by atoms with E-state index in [1.54, 1.807) is 0 Å². The Bertz CT molecular complexity index is 441. The number of halogens is 1. The summed E-state index contributed by atoms with van der Waals surface area (Å²) >= 11 is 0. The molecule has 1 amide bonds. The molecule has 1 aromatic rings. The van der Waals surface area contributed by atoms with Gasteiger partial charge in [-0.3, -0.25) is 14.1 Å². The lowest BCUT2D eigenvalue weighted by atomic mass is 9.79. The molecule has 0 aromatic heterocycles. The van der Waals surface area contributed by atoms with E-state index in [4.69, 9.17) is 0 Å². The van der Waals surface area contributed by atoms with Crippen LogP contribution in [0, 0.1) is 5.41 Å². The van der Waals surface area contributed by atoms with Crippen molar-refractivity contribution in [2.75, 3.05) is 26.3 Å². The van der Waals surface area contributed by atoms with Crippen LogP contribution in [0.1, 0.15) is 31.7 Å². The van der Waals surface area contributed by atoms with Crippen LogP contribution in [0.25, 0.3) is 0 Å². The summed E-state index contributed by atoms with van der Waals surface area (Å²) in [5, 5.41) is 2.86. The molecular formula is C17H25FN2O. The zero-order chi connectivity index (χ0) is 15.1. The van der Waals surface area contributed by atoms with Crippen molar-refractivity contribution in [3.05, 3.63) is 35.9 Å². The van der Waals surface area contributed by atoms with E-state index in [9.17, 15) is 9.18 Å². The zero-order valence-electron chi connectivity index (χ0n) is 12.8. The summed E-state index contributed by atoms with van der Waals surface area (Å²) < 4.78 is 12.1. The average molecular weight is 292 g/mol. The van der Waals surface area contributed by atoms with Crippen LogP contribution < -0.4 is 5.32 Å². The largest absolute Gasteiger partial charge is 0.356 e. The van der Waals surface area contributed by atoms with Crippen LogP contribution in [0.3, 0.4) is 0 Å². The SMILES string of the molecule is CC1(C(=O)NCCCF)CCN(Cc2ccccc2)CC1. The van der Waals surface area contributed by atoms with Crippen LogP contribution in [-0.4, -0.2) is 37.1 Å². The number of nitrogens with one attached hydrogen (secondary N) is 1. The van der Waals surface area contributed by atoms with Gasteiger partial charge in [-0.05, 0) is 37.9 Å². The molecule has 3 nitrogen and oxygen atoms in total. The van der Waals surface area contributed by atoms with E-state index in [2.05, 4.69) is 34.5 Å². The third kappa shape index (κ3) is 4.53. The normalized spacial score (nSPS) is 18.4. The van der Waals surface area contributed by atoms with Crippen molar-refractivity contribution in [1.82, 2.24) is 10.2 Å². The number of piperidine rings is 1. The lowest BCUT2D eigenvalue weighted by Gasteiger charge is -2.38. The minimum absolute atomic E-state index is 0.0790. The van der Waals surface area contributed by atoms with Crippen molar-refractivity contribution in [1.29, 1.82) is 0 Å².